The summed E-state index contributed by atoms with van der Waals surface area (Å²) in [6, 6.07) is 8.83. The minimum atomic E-state index is -0.609. The molecule has 1 aliphatic rings. The van der Waals surface area contributed by atoms with Crippen molar-refractivity contribution in [1.29, 1.82) is 0 Å². The molecule has 0 spiro atoms. The highest BCUT2D eigenvalue weighted by Gasteiger charge is 2.31. The molecule has 3 N–H and O–H groups in total. The Morgan fingerprint density at radius 1 is 1.05 bits per heavy atom. The zero-order valence-corrected chi connectivity index (χ0v) is 25.1. The highest BCUT2D eigenvalue weighted by atomic mass is 19.1. The monoisotopic (exact) mass is 596 g/mol. The van der Waals surface area contributed by atoms with Crippen LogP contribution in [0.5, 0.6) is 5.75 Å². The second kappa shape index (κ2) is 13.6. The maximum atomic E-state index is 13.6. The van der Waals surface area contributed by atoms with Crippen LogP contribution < -0.4 is 20.7 Å². The number of nitrogens with zero attached hydrogens (tertiary/aromatic N) is 3. The van der Waals surface area contributed by atoms with E-state index in [4.69, 9.17) is 14.0 Å². The summed E-state index contributed by atoms with van der Waals surface area (Å²) in [4.78, 5) is 42.9. The van der Waals surface area contributed by atoms with E-state index in [1.165, 1.54) is 29.2 Å². The summed E-state index contributed by atoms with van der Waals surface area (Å²) in [6.07, 6.45) is -0.391. The number of benzene rings is 2. The Labute approximate surface area is 249 Å². The Bertz CT molecular complexity index is 1460. The van der Waals surface area contributed by atoms with Crippen molar-refractivity contribution in [3.05, 3.63) is 65.3 Å². The third-order valence-electron chi connectivity index (χ3n) is 7.31. The lowest BCUT2D eigenvalue weighted by Gasteiger charge is -2.36. The summed E-state index contributed by atoms with van der Waals surface area (Å²) < 4.78 is 30.6. The molecule has 0 bridgehead atoms. The van der Waals surface area contributed by atoms with E-state index < -0.39 is 24.0 Å². The number of anilines is 3. The lowest BCUT2D eigenvalue weighted by molar-refractivity contribution is 0.0174. The van der Waals surface area contributed by atoms with Crippen LogP contribution in [-0.4, -0.2) is 78.9 Å². The van der Waals surface area contributed by atoms with Crippen LogP contribution in [0.1, 0.15) is 35.7 Å². The van der Waals surface area contributed by atoms with Crippen molar-refractivity contribution < 1.29 is 32.8 Å². The number of halogens is 1. The average Bonchev–Trinajstić information content (AvgIpc) is 3.28. The van der Waals surface area contributed by atoms with Crippen molar-refractivity contribution in [3.63, 3.8) is 0 Å². The number of rotatable bonds is 4. The minimum Gasteiger partial charge on any atom is -0.491 e. The number of aromatic nitrogens is 1. The van der Waals surface area contributed by atoms with Crippen LogP contribution >= 0.6 is 0 Å². The Morgan fingerprint density at radius 3 is 2.42 bits per heavy atom. The topological polar surface area (TPSA) is 138 Å². The molecule has 230 valence electrons. The Kier molecular flexibility index (Phi) is 9.86. The van der Waals surface area contributed by atoms with E-state index in [1.54, 1.807) is 51.1 Å². The summed E-state index contributed by atoms with van der Waals surface area (Å²) >= 11 is 0. The molecule has 0 unspecified atom stereocenters. The first-order valence-electron chi connectivity index (χ1n) is 13.9. The number of methoxy groups -OCH3 is 1. The molecular weight excluding hydrogens is 559 g/mol. The number of urea groups is 2. The van der Waals surface area contributed by atoms with Crippen LogP contribution in [0, 0.1) is 25.6 Å². The first-order chi connectivity index (χ1) is 20.5. The van der Waals surface area contributed by atoms with Gasteiger partial charge < -0.3 is 39.7 Å². The number of aryl methyl sites for hydroxylation is 2. The number of carbonyl (C=O) groups excluding carboxylic acids is 3. The van der Waals surface area contributed by atoms with Gasteiger partial charge in [-0.05, 0) is 57.2 Å². The van der Waals surface area contributed by atoms with Gasteiger partial charge in [-0.15, -0.1) is 0 Å². The number of nitrogens with one attached hydrogen (secondary N) is 3. The number of hydrogen-bond acceptors (Lipinski definition) is 7. The summed E-state index contributed by atoms with van der Waals surface area (Å²) in [6.45, 7) is 7.92. The highest BCUT2D eigenvalue weighted by molar-refractivity contribution is 6.02. The molecule has 0 fully saturated rings. The van der Waals surface area contributed by atoms with Gasteiger partial charge in [0.15, 0.2) is 5.76 Å². The van der Waals surface area contributed by atoms with Gasteiger partial charge in [-0.25, -0.2) is 14.0 Å². The van der Waals surface area contributed by atoms with Gasteiger partial charge in [0.25, 0.3) is 5.91 Å². The Balaban J connectivity index is 1.59. The van der Waals surface area contributed by atoms with Gasteiger partial charge in [-0.2, -0.15) is 0 Å². The molecule has 3 atom stereocenters. The Hall–Kier alpha value is -4.65. The van der Waals surface area contributed by atoms with Gasteiger partial charge >= 0.3 is 12.1 Å². The molecule has 0 aliphatic carbocycles. The lowest BCUT2D eigenvalue weighted by Crippen LogP contribution is -2.50. The predicted octanol–water partition coefficient (Wildman–Crippen LogP) is 5.11. The molecule has 43 heavy (non-hydrogen) atoms. The molecule has 2 aromatic carbocycles. The molecule has 0 saturated carbocycles. The first kappa shape index (κ1) is 31.3. The third kappa shape index (κ3) is 7.60. The van der Waals surface area contributed by atoms with Crippen molar-refractivity contribution in [3.8, 4) is 5.75 Å². The van der Waals surface area contributed by atoms with Crippen molar-refractivity contribution in [2.45, 2.75) is 39.8 Å². The molecule has 12 nitrogen and oxygen atoms in total. The lowest BCUT2D eigenvalue weighted by atomic mass is 10.0. The van der Waals surface area contributed by atoms with E-state index in [-0.39, 0.29) is 48.0 Å². The average molecular weight is 597 g/mol. The number of ether oxygens (including phenoxy) is 2. The predicted molar refractivity (Wildman–Crippen MR) is 159 cm³/mol. The standard InChI is InChI=1S/C30H37FN6O6/c1-17-14-37(30(40)34-27-19(3)35-43-20(27)4)18(2)16-42-25-11-10-23(13-24(25)28(38)36(5)15-26(17)41-6)33-29(39)32-22-9-7-8-21(31)12-22/h7-13,17-18,26H,14-16H2,1-6H3,(H,34,40)(H2,32,33,39)/t17-,18-,26+/m1/s1. The zero-order chi connectivity index (χ0) is 31.3. The van der Waals surface area contributed by atoms with E-state index in [1.807, 2.05) is 13.8 Å². The fraction of sp³-hybridized carbons (Fsp3) is 0.400. The van der Waals surface area contributed by atoms with E-state index in [9.17, 15) is 18.8 Å². The number of fused-ring (bicyclic) bond motifs is 1. The number of carbonyl (C=O) groups is 3. The molecule has 3 aromatic rings. The summed E-state index contributed by atoms with van der Waals surface area (Å²) in [5.41, 5.74) is 1.90. The van der Waals surface area contributed by atoms with E-state index in [0.717, 1.165) is 0 Å². The molecule has 0 saturated heterocycles. The van der Waals surface area contributed by atoms with E-state index in [2.05, 4.69) is 21.1 Å². The van der Waals surface area contributed by atoms with Gasteiger partial charge in [0.2, 0.25) is 0 Å². The largest absolute Gasteiger partial charge is 0.491 e. The van der Waals surface area contributed by atoms with Gasteiger partial charge in [0, 0.05) is 44.5 Å². The van der Waals surface area contributed by atoms with Crippen molar-refractivity contribution in [1.82, 2.24) is 15.0 Å². The number of amides is 5. The molecule has 5 amide bonds. The van der Waals surface area contributed by atoms with Gasteiger partial charge in [0.05, 0.1) is 17.7 Å². The fourth-order valence-corrected chi connectivity index (χ4v) is 4.84. The molecule has 2 heterocycles. The van der Waals surface area contributed by atoms with E-state index in [0.29, 0.717) is 29.4 Å². The first-order valence-corrected chi connectivity index (χ1v) is 13.9. The zero-order valence-electron chi connectivity index (χ0n) is 25.1. The molecule has 1 aromatic heterocycles. The molecule has 4 rings (SSSR count). The maximum Gasteiger partial charge on any atom is 0.323 e. The second-order valence-corrected chi connectivity index (χ2v) is 10.7. The van der Waals surface area contributed by atoms with Crippen LogP contribution in [0.25, 0.3) is 0 Å². The second-order valence-electron chi connectivity index (χ2n) is 10.7. The quantitative estimate of drug-likeness (QED) is 0.380. The summed E-state index contributed by atoms with van der Waals surface area (Å²) in [7, 11) is 3.22. The summed E-state index contributed by atoms with van der Waals surface area (Å²) in [5.74, 6) is -0.194. The van der Waals surface area contributed by atoms with Crippen LogP contribution in [0.15, 0.2) is 47.0 Å². The van der Waals surface area contributed by atoms with Crippen LogP contribution in [-0.2, 0) is 4.74 Å². The Morgan fingerprint density at radius 2 is 1.77 bits per heavy atom. The van der Waals surface area contributed by atoms with Gasteiger partial charge in [-0.1, -0.05) is 18.1 Å². The van der Waals surface area contributed by atoms with Gasteiger partial charge in [0.1, 0.15) is 29.6 Å². The molecular formula is C30H37FN6O6. The van der Waals surface area contributed by atoms with E-state index >= 15 is 0 Å². The smallest absolute Gasteiger partial charge is 0.323 e. The van der Waals surface area contributed by atoms with Crippen LogP contribution in [0.4, 0.5) is 31.0 Å². The molecule has 0 radical (unpaired) electrons. The summed E-state index contributed by atoms with van der Waals surface area (Å²) in [5, 5.41) is 12.1. The van der Waals surface area contributed by atoms with Gasteiger partial charge in [-0.3, -0.25) is 4.79 Å². The molecule has 1 aliphatic heterocycles. The van der Waals surface area contributed by atoms with Crippen LogP contribution in [0.2, 0.25) is 0 Å². The maximum absolute atomic E-state index is 13.6. The van der Waals surface area contributed by atoms with Crippen molar-refractivity contribution in [2.75, 3.05) is 49.8 Å². The minimum absolute atomic E-state index is 0.0796. The highest BCUT2D eigenvalue weighted by Crippen LogP contribution is 2.27. The van der Waals surface area contributed by atoms with Crippen molar-refractivity contribution in [2.24, 2.45) is 5.92 Å². The van der Waals surface area contributed by atoms with Crippen molar-refractivity contribution >= 4 is 35.0 Å². The number of hydrogen-bond donors (Lipinski definition) is 3. The number of likely N-dealkylation sites (N-methyl/N-ethyl adjacent to an activating group) is 1. The third-order valence-corrected chi connectivity index (χ3v) is 7.31. The fourth-order valence-electron chi connectivity index (χ4n) is 4.84. The molecule has 13 heteroatoms. The normalized spacial score (nSPS) is 19.4. The SMILES string of the molecule is CO[C@H]1CN(C)C(=O)c2cc(NC(=O)Nc3cccc(F)c3)ccc2OC[C@@H](C)N(C(=O)Nc2c(C)noc2C)C[C@H]1C. The van der Waals surface area contributed by atoms with Crippen LogP contribution in [0.3, 0.4) is 0 Å².